The lowest BCUT2D eigenvalue weighted by Gasteiger charge is -2.11. The van der Waals surface area contributed by atoms with E-state index in [0.717, 1.165) is 12.3 Å². The molecule has 0 spiro atoms. The zero-order valence-corrected chi connectivity index (χ0v) is 12.7. The molecule has 2 heterocycles. The van der Waals surface area contributed by atoms with Gasteiger partial charge in [-0.25, -0.2) is 9.97 Å². The van der Waals surface area contributed by atoms with Crippen LogP contribution in [0.1, 0.15) is 11.3 Å². The summed E-state index contributed by atoms with van der Waals surface area (Å²) in [6, 6.07) is 14.4. The van der Waals surface area contributed by atoms with Crippen molar-refractivity contribution in [3.63, 3.8) is 0 Å². The average Bonchev–Trinajstić information content (AvgIpc) is 2.62. The summed E-state index contributed by atoms with van der Waals surface area (Å²) in [4.78, 5) is 7.47. The molecule has 0 fully saturated rings. The summed E-state index contributed by atoms with van der Waals surface area (Å²) >= 11 is 0. The SMILES string of the molecule is N#Cc1ccccc1-c1cccnc1Oc1ccc(C(F)(F)F)nc1. The fourth-order valence-electron chi connectivity index (χ4n) is 2.21. The molecule has 0 unspecified atom stereocenters. The molecule has 25 heavy (non-hydrogen) atoms. The maximum Gasteiger partial charge on any atom is 0.433 e. The summed E-state index contributed by atoms with van der Waals surface area (Å²) in [5, 5.41) is 9.24. The van der Waals surface area contributed by atoms with Crippen LogP contribution in [0.5, 0.6) is 11.6 Å². The van der Waals surface area contributed by atoms with Crippen molar-refractivity contribution in [1.29, 1.82) is 5.26 Å². The van der Waals surface area contributed by atoms with E-state index in [4.69, 9.17) is 4.74 Å². The Kier molecular flexibility index (Phi) is 4.35. The highest BCUT2D eigenvalue weighted by Crippen LogP contribution is 2.34. The Bertz CT molecular complexity index is 931. The fourth-order valence-corrected chi connectivity index (χ4v) is 2.21. The van der Waals surface area contributed by atoms with E-state index in [1.807, 2.05) is 0 Å². The zero-order chi connectivity index (χ0) is 17.9. The maximum absolute atomic E-state index is 12.6. The number of ether oxygens (including phenoxy) is 1. The summed E-state index contributed by atoms with van der Waals surface area (Å²) in [5.74, 6) is 0.286. The fraction of sp³-hybridized carbons (Fsp3) is 0.0556. The van der Waals surface area contributed by atoms with Crippen molar-refractivity contribution >= 4 is 0 Å². The molecule has 7 heteroatoms. The van der Waals surface area contributed by atoms with Crippen molar-refractivity contribution in [2.75, 3.05) is 0 Å². The molecule has 0 N–H and O–H groups in total. The third-order valence-corrected chi connectivity index (χ3v) is 3.35. The first-order valence-electron chi connectivity index (χ1n) is 7.14. The normalized spacial score (nSPS) is 11.0. The number of rotatable bonds is 3. The smallest absolute Gasteiger partial charge is 0.433 e. The van der Waals surface area contributed by atoms with Crippen LogP contribution in [0.3, 0.4) is 0 Å². The number of benzene rings is 1. The molecule has 124 valence electrons. The van der Waals surface area contributed by atoms with Gasteiger partial charge in [-0.1, -0.05) is 18.2 Å². The Morgan fingerprint density at radius 2 is 1.68 bits per heavy atom. The van der Waals surface area contributed by atoms with Crippen LogP contribution >= 0.6 is 0 Å². The lowest BCUT2D eigenvalue weighted by atomic mass is 10.0. The maximum atomic E-state index is 12.6. The molecule has 4 nitrogen and oxygen atoms in total. The zero-order valence-electron chi connectivity index (χ0n) is 12.7. The molecule has 0 radical (unpaired) electrons. The molecule has 0 bridgehead atoms. The Morgan fingerprint density at radius 3 is 2.36 bits per heavy atom. The second-order valence-corrected chi connectivity index (χ2v) is 4.99. The number of nitriles is 1. The van der Waals surface area contributed by atoms with Crippen LogP contribution in [0.4, 0.5) is 13.2 Å². The van der Waals surface area contributed by atoms with E-state index in [2.05, 4.69) is 16.0 Å². The molecule has 3 aromatic rings. The minimum absolute atomic E-state index is 0.113. The van der Waals surface area contributed by atoms with Gasteiger partial charge in [-0.2, -0.15) is 18.4 Å². The number of aromatic nitrogens is 2. The van der Waals surface area contributed by atoms with Crippen molar-refractivity contribution < 1.29 is 17.9 Å². The van der Waals surface area contributed by atoms with Gasteiger partial charge in [0, 0.05) is 17.3 Å². The first-order valence-corrected chi connectivity index (χ1v) is 7.14. The molecular formula is C18H10F3N3O. The number of pyridine rings is 2. The van der Waals surface area contributed by atoms with Crippen LogP contribution in [-0.4, -0.2) is 9.97 Å². The molecule has 0 aliphatic rings. The van der Waals surface area contributed by atoms with Crippen molar-refractivity contribution in [3.8, 4) is 28.8 Å². The summed E-state index contributed by atoms with van der Waals surface area (Å²) in [7, 11) is 0. The predicted octanol–water partition coefficient (Wildman–Crippen LogP) is 4.83. The van der Waals surface area contributed by atoms with Gasteiger partial charge in [0.1, 0.15) is 11.4 Å². The quantitative estimate of drug-likeness (QED) is 0.685. The molecule has 0 aliphatic heterocycles. The van der Waals surface area contributed by atoms with Gasteiger partial charge >= 0.3 is 6.18 Å². The summed E-state index contributed by atoms with van der Waals surface area (Å²) in [6.45, 7) is 0. The van der Waals surface area contributed by atoms with Crippen molar-refractivity contribution in [3.05, 3.63) is 72.2 Å². The lowest BCUT2D eigenvalue weighted by molar-refractivity contribution is -0.141. The molecular weight excluding hydrogens is 331 g/mol. The van der Waals surface area contributed by atoms with Crippen LogP contribution in [0, 0.1) is 11.3 Å². The van der Waals surface area contributed by atoms with Crippen molar-refractivity contribution in [2.45, 2.75) is 6.18 Å². The molecule has 0 atom stereocenters. The third kappa shape index (κ3) is 3.58. The van der Waals surface area contributed by atoms with E-state index in [1.54, 1.807) is 36.4 Å². The average molecular weight is 341 g/mol. The third-order valence-electron chi connectivity index (χ3n) is 3.35. The van der Waals surface area contributed by atoms with Crippen LogP contribution in [0.2, 0.25) is 0 Å². The minimum Gasteiger partial charge on any atom is -0.437 e. The van der Waals surface area contributed by atoms with Gasteiger partial charge in [-0.15, -0.1) is 0 Å². The summed E-state index contributed by atoms with van der Waals surface area (Å²) < 4.78 is 43.3. The highest BCUT2D eigenvalue weighted by Gasteiger charge is 2.32. The van der Waals surface area contributed by atoms with E-state index >= 15 is 0 Å². The number of hydrogen-bond donors (Lipinski definition) is 0. The molecule has 0 amide bonds. The molecule has 0 aliphatic carbocycles. The second-order valence-electron chi connectivity index (χ2n) is 4.99. The van der Waals surface area contributed by atoms with E-state index in [-0.39, 0.29) is 11.6 Å². The Morgan fingerprint density at radius 1 is 0.920 bits per heavy atom. The molecule has 0 saturated carbocycles. The van der Waals surface area contributed by atoms with Crippen LogP contribution in [-0.2, 0) is 6.18 Å². The number of alkyl halides is 3. The van der Waals surface area contributed by atoms with Crippen LogP contribution < -0.4 is 4.74 Å². The highest BCUT2D eigenvalue weighted by atomic mass is 19.4. The van der Waals surface area contributed by atoms with Gasteiger partial charge in [-0.05, 0) is 30.3 Å². The molecule has 1 aromatic carbocycles. The Balaban J connectivity index is 1.96. The van der Waals surface area contributed by atoms with Crippen LogP contribution in [0.25, 0.3) is 11.1 Å². The van der Waals surface area contributed by atoms with Gasteiger partial charge in [-0.3, -0.25) is 0 Å². The van der Waals surface area contributed by atoms with Crippen molar-refractivity contribution in [1.82, 2.24) is 9.97 Å². The molecule has 2 aromatic heterocycles. The monoisotopic (exact) mass is 341 g/mol. The first-order chi connectivity index (χ1) is 12.0. The number of halogens is 3. The van der Waals surface area contributed by atoms with Gasteiger partial charge in [0.05, 0.1) is 17.8 Å². The van der Waals surface area contributed by atoms with E-state index in [1.165, 1.54) is 12.3 Å². The second kappa shape index (κ2) is 6.61. The summed E-state index contributed by atoms with van der Waals surface area (Å²) in [6.07, 6.45) is -2.04. The molecule has 3 rings (SSSR count). The topological polar surface area (TPSA) is 58.8 Å². The Labute approximate surface area is 141 Å². The van der Waals surface area contributed by atoms with E-state index in [0.29, 0.717) is 16.7 Å². The Hall–Kier alpha value is -3.40. The largest absolute Gasteiger partial charge is 0.437 e. The van der Waals surface area contributed by atoms with Gasteiger partial charge in [0.2, 0.25) is 5.88 Å². The first kappa shape index (κ1) is 16.5. The van der Waals surface area contributed by atoms with E-state index < -0.39 is 11.9 Å². The predicted molar refractivity (Wildman–Crippen MR) is 83.7 cm³/mol. The summed E-state index contributed by atoms with van der Waals surface area (Å²) in [5.41, 5.74) is 0.606. The highest BCUT2D eigenvalue weighted by molar-refractivity contribution is 5.74. The lowest BCUT2D eigenvalue weighted by Crippen LogP contribution is -2.07. The standard InChI is InChI=1S/C18H10F3N3O/c19-18(20,21)16-8-7-13(11-24-16)25-17-15(6-3-9-23-17)14-5-2-1-4-12(14)10-22/h1-9,11H. The van der Waals surface area contributed by atoms with Crippen LogP contribution in [0.15, 0.2) is 60.9 Å². The van der Waals surface area contributed by atoms with E-state index in [9.17, 15) is 18.4 Å². The number of hydrogen-bond acceptors (Lipinski definition) is 4. The van der Waals surface area contributed by atoms with Gasteiger partial charge < -0.3 is 4.74 Å². The number of nitrogens with zero attached hydrogens (tertiary/aromatic N) is 3. The van der Waals surface area contributed by atoms with Crippen molar-refractivity contribution in [2.24, 2.45) is 0 Å². The van der Waals surface area contributed by atoms with Gasteiger partial charge in [0.25, 0.3) is 0 Å². The molecule has 0 saturated heterocycles. The minimum atomic E-state index is -4.51. The van der Waals surface area contributed by atoms with Gasteiger partial charge in [0.15, 0.2) is 0 Å².